The maximum Gasteiger partial charge on any atom is 0.249 e. The Hall–Kier alpha value is -2.13. The number of hydrogen-bond donors (Lipinski definition) is 1. The minimum atomic E-state index is -1.18. The summed E-state index contributed by atoms with van der Waals surface area (Å²) < 4.78 is 23.0. The fraction of sp³-hybridized carbons (Fsp3) is 0.333. The Kier molecular flexibility index (Phi) is 3.17. The molecule has 1 fully saturated rings. The summed E-state index contributed by atoms with van der Waals surface area (Å²) >= 11 is 0. The Balaban J connectivity index is 2.21. The minimum Gasteiger partial charge on any atom is -0.495 e. The second-order valence-corrected chi connectivity index (χ2v) is 3.99. The van der Waals surface area contributed by atoms with Gasteiger partial charge in [0.2, 0.25) is 5.91 Å². The van der Waals surface area contributed by atoms with Crippen molar-refractivity contribution in [1.29, 1.82) is 5.26 Å². The highest BCUT2D eigenvalue weighted by molar-refractivity contribution is 5.99. The molecule has 94 valence electrons. The monoisotopic (exact) mass is 250 g/mol. The standard InChI is InChI=1S/C12H11FN2O3/c1-17-10-3-2-8(13)4-9(10)15-11(16)12(5-14)6-18-7-12/h2-4H,6-7H2,1H3,(H,15,16). The smallest absolute Gasteiger partial charge is 0.249 e. The van der Waals surface area contributed by atoms with Gasteiger partial charge in [-0.15, -0.1) is 0 Å². The van der Waals surface area contributed by atoms with E-state index in [2.05, 4.69) is 5.32 Å². The van der Waals surface area contributed by atoms with Gasteiger partial charge in [-0.2, -0.15) is 5.26 Å². The summed E-state index contributed by atoms with van der Waals surface area (Å²) in [4.78, 5) is 11.9. The number of benzene rings is 1. The van der Waals surface area contributed by atoms with Crippen LogP contribution in [0.3, 0.4) is 0 Å². The van der Waals surface area contributed by atoms with E-state index in [1.807, 2.05) is 6.07 Å². The lowest BCUT2D eigenvalue weighted by atomic mass is 9.87. The SMILES string of the molecule is COc1ccc(F)cc1NC(=O)C1(C#N)COC1. The molecular formula is C12H11FN2O3. The largest absolute Gasteiger partial charge is 0.495 e. The molecule has 5 nitrogen and oxygen atoms in total. The van der Waals surface area contributed by atoms with Gasteiger partial charge in [0.25, 0.3) is 0 Å². The molecule has 0 unspecified atom stereocenters. The average Bonchev–Trinajstić information content (AvgIpc) is 2.28. The van der Waals surface area contributed by atoms with Gasteiger partial charge in [0.1, 0.15) is 11.6 Å². The number of methoxy groups -OCH3 is 1. The molecule has 1 amide bonds. The van der Waals surface area contributed by atoms with E-state index in [9.17, 15) is 9.18 Å². The number of amides is 1. The predicted octanol–water partition coefficient (Wildman–Crippen LogP) is 1.31. The summed E-state index contributed by atoms with van der Waals surface area (Å²) in [6.07, 6.45) is 0. The molecule has 1 aliphatic heterocycles. The van der Waals surface area contributed by atoms with Gasteiger partial charge < -0.3 is 14.8 Å². The van der Waals surface area contributed by atoms with Gasteiger partial charge in [0.05, 0.1) is 32.1 Å². The molecule has 0 aliphatic carbocycles. The molecule has 1 heterocycles. The highest BCUT2D eigenvalue weighted by Crippen LogP contribution is 2.31. The van der Waals surface area contributed by atoms with E-state index in [1.54, 1.807) is 0 Å². The fourth-order valence-electron chi connectivity index (χ4n) is 1.57. The van der Waals surface area contributed by atoms with E-state index in [1.165, 1.54) is 19.2 Å². The van der Waals surface area contributed by atoms with Crippen LogP contribution < -0.4 is 10.1 Å². The van der Waals surface area contributed by atoms with Crippen LogP contribution in [0.4, 0.5) is 10.1 Å². The maximum absolute atomic E-state index is 13.1. The van der Waals surface area contributed by atoms with Gasteiger partial charge in [-0.05, 0) is 12.1 Å². The third-order valence-corrected chi connectivity index (χ3v) is 2.76. The zero-order valence-corrected chi connectivity index (χ0v) is 9.70. The fourth-order valence-corrected chi connectivity index (χ4v) is 1.57. The summed E-state index contributed by atoms with van der Waals surface area (Å²) in [5.41, 5.74) is -0.985. The molecule has 0 bridgehead atoms. The van der Waals surface area contributed by atoms with E-state index < -0.39 is 17.1 Å². The van der Waals surface area contributed by atoms with Crippen LogP contribution in [-0.2, 0) is 9.53 Å². The van der Waals surface area contributed by atoms with Crippen LogP contribution in [0.15, 0.2) is 18.2 Å². The number of halogens is 1. The first kappa shape index (κ1) is 12.3. The number of carbonyl (C=O) groups is 1. The Morgan fingerprint density at radius 2 is 2.33 bits per heavy atom. The molecule has 0 spiro atoms. The number of nitrogens with zero attached hydrogens (tertiary/aromatic N) is 1. The van der Waals surface area contributed by atoms with E-state index in [0.29, 0.717) is 5.75 Å². The number of carbonyl (C=O) groups excluding carboxylic acids is 1. The summed E-state index contributed by atoms with van der Waals surface area (Å²) in [6.45, 7) is 0.0972. The number of rotatable bonds is 3. The maximum atomic E-state index is 13.1. The lowest BCUT2D eigenvalue weighted by molar-refractivity contribution is -0.144. The van der Waals surface area contributed by atoms with Gasteiger partial charge >= 0.3 is 0 Å². The third-order valence-electron chi connectivity index (χ3n) is 2.76. The second kappa shape index (κ2) is 4.63. The van der Waals surface area contributed by atoms with E-state index in [0.717, 1.165) is 6.07 Å². The minimum absolute atomic E-state index is 0.0486. The molecule has 6 heteroatoms. The Labute approximate surface area is 103 Å². The van der Waals surface area contributed by atoms with Gasteiger partial charge in [-0.25, -0.2) is 4.39 Å². The van der Waals surface area contributed by atoms with Gasteiger partial charge in [0, 0.05) is 6.07 Å². The first-order valence-corrected chi connectivity index (χ1v) is 5.25. The normalized spacial score (nSPS) is 16.3. The van der Waals surface area contributed by atoms with Crippen LogP contribution in [0.25, 0.3) is 0 Å². The predicted molar refractivity (Wildman–Crippen MR) is 60.4 cm³/mol. The molecule has 2 rings (SSSR count). The molecule has 1 saturated heterocycles. The van der Waals surface area contributed by atoms with E-state index >= 15 is 0 Å². The zero-order valence-electron chi connectivity index (χ0n) is 9.70. The highest BCUT2D eigenvalue weighted by atomic mass is 19.1. The molecule has 0 radical (unpaired) electrons. The number of ether oxygens (including phenoxy) is 2. The second-order valence-electron chi connectivity index (χ2n) is 3.99. The van der Waals surface area contributed by atoms with Crippen molar-refractivity contribution >= 4 is 11.6 Å². The summed E-state index contributed by atoms with van der Waals surface area (Å²) in [5, 5.41) is 11.5. The van der Waals surface area contributed by atoms with Crippen molar-refractivity contribution in [3.8, 4) is 11.8 Å². The summed E-state index contributed by atoms with van der Waals surface area (Å²) in [5.74, 6) is -0.680. The van der Waals surface area contributed by atoms with Crippen molar-refractivity contribution in [1.82, 2.24) is 0 Å². The van der Waals surface area contributed by atoms with Gasteiger partial charge in [0.15, 0.2) is 5.41 Å². The molecule has 0 atom stereocenters. The van der Waals surface area contributed by atoms with Crippen LogP contribution in [0.2, 0.25) is 0 Å². The van der Waals surface area contributed by atoms with Crippen molar-refractivity contribution in [2.75, 3.05) is 25.6 Å². The van der Waals surface area contributed by atoms with Crippen LogP contribution in [0.1, 0.15) is 0 Å². The molecule has 1 N–H and O–H groups in total. The lowest BCUT2D eigenvalue weighted by Gasteiger charge is -2.33. The number of nitrogens with one attached hydrogen (secondary N) is 1. The van der Waals surface area contributed by atoms with Crippen molar-refractivity contribution in [2.24, 2.45) is 5.41 Å². The molecule has 1 aromatic carbocycles. The third kappa shape index (κ3) is 2.00. The number of anilines is 1. The Morgan fingerprint density at radius 1 is 1.61 bits per heavy atom. The Bertz CT molecular complexity index is 521. The number of hydrogen-bond acceptors (Lipinski definition) is 4. The first-order valence-electron chi connectivity index (χ1n) is 5.25. The van der Waals surface area contributed by atoms with Crippen LogP contribution in [0, 0.1) is 22.6 Å². The molecule has 1 aromatic rings. The average molecular weight is 250 g/mol. The van der Waals surface area contributed by atoms with Crippen molar-refractivity contribution in [2.45, 2.75) is 0 Å². The molecule has 0 saturated carbocycles. The topological polar surface area (TPSA) is 71.3 Å². The zero-order chi connectivity index (χ0) is 13.2. The van der Waals surface area contributed by atoms with Crippen LogP contribution in [-0.4, -0.2) is 26.2 Å². The van der Waals surface area contributed by atoms with Crippen LogP contribution in [0.5, 0.6) is 5.75 Å². The molecular weight excluding hydrogens is 239 g/mol. The molecule has 18 heavy (non-hydrogen) atoms. The van der Waals surface area contributed by atoms with E-state index in [-0.39, 0.29) is 18.9 Å². The summed E-state index contributed by atoms with van der Waals surface area (Å²) in [7, 11) is 1.41. The Morgan fingerprint density at radius 3 is 2.83 bits per heavy atom. The van der Waals surface area contributed by atoms with Gasteiger partial charge in [-0.1, -0.05) is 0 Å². The highest BCUT2D eigenvalue weighted by Gasteiger charge is 2.46. The number of nitriles is 1. The first-order chi connectivity index (χ1) is 8.61. The van der Waals surface area contributed by atoms with E-state index in [4.69, 9.17) is 14.7 Å². The molecule has 1 aliphatic rings. The van der Waals surface area contributed by atoms with Crippen molar-refractivity contribution in [3.63, 3.8) is 0 Å². The lowest BCUT2D eigenvalue weighted by Crippen LogP contribution is -2.50. The van der Waals surface area contributed by atoms with Crippen LogP contribution >= 0.6 is 0 Å². The molecule has 0 aromatic heterocycles. The van der Waals surface area contributed by atoms with Crippen molar-refractivity contribution in [3.05, 3.63) is 24.0 Å². The quantitative estimate of drug-likeness (QED) is 0.878. The summed E-state index contributed by atoms with van der Waals surface area (Å²) in [6, 6.07) is 5.68. The van der Waals surface area contributed by atoms with Gasteiger partial charge in [-0.3, -0.25) is 4.79 Å². The van der Waals surface area contributed by atoms with Crippen molar-refractivity contribution < 1.29 is 18.7 Å².